The predicted octanol–water partition coefficient (Wildman–Crippen LogP) is 4.07. The smallest absolute Gasteiger partial charge is 0.339 e. The molecular weight excluding hydrogens is 363 g/mol. The molecule has 0 aromatic heterocycles. The molecule has 3 rings (SSSR count). The van der Waals surface area contributed by atoms with Crippen LogP contribution >= 0.6 is 11.6 Å². The Morgan fingerprint density at radius 2 is 1.81 bits per heavy atom. The Hall–Kier alpha value is -2.60. The van der Waals surface area contributed by atoms with Gasteiger partial charge in [0.25, 0.3) is 0 Å². The molecule has 1 aliphatic heterocycles. The van der Waals surface area contributed by atoms with Crippen LogP contribution in [0, 0.1) is 5.82 Å². The van der Waals surface area contributed by atoms with E-state index in [-0.39, 0.29) is 16.1 Å². The summed E-state index contributed by atoms with van der Waals surface area (Å²) in [6.07, 6.45) is -0.337. The van der Waals surface area contributed by atoms with Gasteiger partial charge in [-0.25, -0.2) is 9.18 Å². The summed E-state index contributed by atoms with van der Waals surface area (Å²) < 4.78 is 29.2. The van der Waals surface area contributed by atoms with Crippen molar-refractivity contribution in [2.24, 2.45) is 0 Å². The van der Waals surface area contributed by atoms with Crippen molar-refractivity contribution in [2.45, 2.75) is 19.4 Å². The zero-order valence-electron chi connectivity index (χ0n) is 14.0. The number of Topliss-reactive ketones (excluding diaryl/α,β-unsaturated/α-hetero) is 1. The first-order chi connectivity index (χ1) is 12.5. The van der Waals surface area contributed by atoms with Crippen LogP contribution in [0.2, 0.25) is 5.02 Å². The van der Waals surface area contributed by atoms with Gasteiger partial charge in [0.1, 0.15) is 5.82 Å². The van der Waals surface area contributed by atoms with Crippen LogP contribution in [0.4, 0.5) is 4.39 Å². The molecule has 0 amide bonds. The number of ether oxygens (including phenoxy) is 3. The lowest BCUT2D eigenvalue weighted by Crippen LogP contribution is -2.24. The van der Waals surface area contributed by atoms with E-state index in [2.05, 4.69) is 0 Å². The summed E-state index contributed by atoms with van der Waals surface area (Å²) in [6.45, 7) is 2.37. The molecule has 0 aliphatic carbocycles. The van der Waals surface area contributed by atoms with Crippen molar-refractivity contribution in [2.75, 3.05) is 13.2 Å². The fourth-order valence-electron chi connectivity index (χ4n) is 2.48. The van der Waals surface area contributed by atoms with Crippen LogP contribution in [0.5, 0.6) is 11.5 Å². The van der Waals surface area contributed by atoms with E-state index in [0.717, 1.165) is 0 Å². The van der Waals surface area contributed by atoms with E-state index in [1.54, 1.807) is 0 Å². The molecule has 2 aromatic carbocycles. The van der Waals surface area contributed by atoms with Gasteiger partial charge in [-0.15, -0.1) is 0 Å². The highest BCUT2D eigenvalue weighted by atomic mass is 35.5. The Kier molecular flexibility index (Phi) is 5.42. The molecule has 0 saturated carbocycles. The summed E-state index contributed by atoms with van der Waals surface area (Å²) >= 11 is 6.16. The van der Waals surface area contributed by atoms with Gasteiger partial charge in [-0.05, 0) is 43.3 Å². The average molecular weight is 379 g/mol. The van der Waals surface area contributed by atoms with E-state index in [9.17, 15) is 14.0 Å². The maximum Gasteiger partial charge on any atom is 0.339 e. The van der Waals surface area contributed by atoms with Gasteiger partial charge in [0.05, 0.1) is 23.8 Å². The van der Waals surface area contributed by atoms with Gasteiger partial charge in [0.2, 0.25) is 5.78 Å². The number of hydrogen-bond donors (Lipinski definition) is 0. The Labute approximate surface area is 154 Å². The molecule has 26 heavy (non-hydrogen) atoms. The maximum absolute atomic E-state index is 13.0. The third kappa shape index (κ3) is 3.96. The lowest BCUT2D eigenvalue weighted by Gasteiger charge is -2.14. The number of benzene rings is 2. The van der Waals surface area contributed by atoms with Crippen molar-refractivity contribution >= 4 is 23.4 Å². The average Bonchev–Trinajstić information content (AvgIpc) is 2.87. The van der Waals surface area contributed by atoms with Gasteiger partial charge in [-0.2, -0.15) is 0 Å². The molecular formula is C19H16ClFO5. The largest absolute Gasteiger partial charge is 0.489 e. The molecule has 0 fully saturated rings. The predicted molar refractivity (Wildman–Crippen MR) is 92.7 cm³/mol. The lowest BCUT2D eigenvalue weighted by atomic mass is 10.1. The fourth-order valence-corrected chi connectivity index (χ4v) is 2.74. The highest BCUT2D eigenvalue weighted by molar-refractivity contribution is 6.32. The van der Waals surface area contributed by atoms with Crippen LogP contribution in [0.15, 0.2) is 36.4 Å². The first-order valence-electron chi connectivity index (χ1n) is 8.05. The number of halogens is 2. The number of ketones is 1. The van der Waals surface area contributed by atoms with Gasteiger partial charge in [-0.1, -0.05) is 11.6 Å². The second-order valence-electron chi connectivity index (χ2n) is 5.75. The minimum atomic E-state index is -1.04. The molecule has 0 N–H and O–H groups in total. The number of carbonyl (C=O) groups is 2. The summed E-state index contributed by atoms with van der Waals surface area (Å²) in [5.41, 5.74) is 0.404. The molecule has 0 saturated heterocycles. The molecule has 2 aromatic rings. The van der Waals surface area contributed by atoms with E-state index in [1.165, 1.54) is 43.3 Å². The Morgan fingerprint density at radius 3 is 2.54 bits per heavy atom. The second-order valence-corrected chi connectivity index (χ2v) is 6.16. The van der Waals surface area contributed by atoms with Crippen molar-refractivity contribution in [3.05, 3.63) is 58.4 Å². The van der Waals surface area contributed by atoms with Crippen LogP contribution in [0.1, 0.15) is 34.1 Å². The van der Waals surface area contributed by atoms with Crippen molar-refractivity contribution in [1.82, 2.24) is 0 Å². The van der Waals surface area contributed by atoms with Gasteiger partial charge in [0.15, 0.2) is 17.6 Å². The van der Waals surface area contributed by atoms with Crippen LogP contribution in [0.25, 0.3) is 0 Å². The van der Waals surface area contributed by atoms with E-state index in [4.69, 9.17) is 25.8 Å². The zero-order valence-corrected chi connectivity index (χ0v) is 14.7. The molecule has 1 heterocycles. The van der Waals surface area contributed by atoms with E-state index < -0.39 is 23.7 Å². The number of hydrogen-bond acceptors (Lipinski definition) is 5. The number of carbonyl (C=O) groups excluding carboxylic acids is 2. The molecule has 0 spiro atoms. The SMILES string of the molecule is C[C@@H](OC(=O)c1cc(Cl)c2c(c1)OCCCO2)C(=O)c1ccc(F)cc1. The molecule has 136 valence electrons. The highest BCUT2D eigenvalue weighted by Gasteiger charge is 2.23. The quantitative estimate of drug-likeness (QED) is 0.593. The van der Waals surface area contributed by atoms with E-state index in [1.807, 2.05) is 0 Å². The van der Waals surface area contributed by atoms with Gasteiger partial charge >= 0.3 is 5.97 Å². The van der Waals surface area contributed by atoms with Crippen molar-refractivity contribution in [3.8, 4) is 11.5 Å². The monoisotopic (exact) mass is 378 g/mol. The molecule has 0 unspecified atom stereocenters. The van der Waals surface area contributed by atoms with Crippen molar-refractivity contribution in [1.29, 1.82) is 0 Å². The molecule has 7 heteroatoms. The molecule has 0 bridgehead atoms. The maximum atomic E-state index is 13.0. The Bertz CT molecular complexity index is 835. The summed E-state index contributed by atoms with van der Waals surface area (Å²) in [6, 6.07) is 7.91. The van der Waals surface area contributed by atoms with Crippen LogP contribution in [-0.2, 0) is 4.74 Å². The fraction of sp³-hybridized carbons (Fsp3) is 0.263. The number of rotatable bonds is 4. The first-order valence-corrected chi connectivity index (χ1v) is 8.43. The Morgan fingerprint density at radius 1 is 1.12 bits per heavy atom. The Balaban J connectivity index is 1.75. The minimum Gasteiger partial charge on any atom is -0.489 e. The topological polar surface area (TPSA) is 61.8 Å². The molecule has 5 nitrogen and oxygen atoms in total. The number of fused-ring (bicyclic) bond motifs is 1. The van der Waals surface area contributed by atoms with Crippen LogP contribution in [-0.4, -0.2) is 31.1 Å². The summed E-state index contributed by atoms with van der Waals surface area (Å²) in [5.74, 6) is -0.854. The van der Waals surface area contributed by atoms with Crippen molar-refractivity contribution in [3.63, 3.8) is 0 Å². The third-order valence-electron chi connectivity index (χ3n) is 3.82. The van der Waals surface area contributed by atoms with Gasteiger partial charge < -0.3 is 14.2 Å². The highest BCUT2D eigenvalue weighted by Crippen LogP contribution is 2.38. The lowest BCUT2D eigenvalue weighted by molar-refractivity contribution is 0.0318. The zero-order chi connectivity index (χ0) is 18.7. The number of esters is 1. The van der Waals surface area contributed by atoms with Crippen LogP contribution in [0.3, 0.4) is 0 Å². The summed E-state index contributed by atoms with van der Waals surface area (Å²) in [5, 5.41) is 0.230. The standard InChI is InChI=1S/C19H16ClFO5/c1-11(17(22)12-3-5-14(21)6-4-12)26-19(23)13-9-15(20)18-16(10-13)24-7-2-8-25-18/h3-6,9-11H,2,7-8H2,1H3/t11-/m1/s1. The summed E-state index contributed by atoms with van der Waals surface area (Å²) in [7, 11) is 0. The van der Waals surface area contributed by atoms with E-state index >= 15 is 0 Å². The van der Waals surface area contributed by atoms with Gasteiger partial charge in [0, 0.05) is 12.0 Å². The molecule has 1 aliphatic rings. The summed E-state index contributed by atoms with van der Waals surface area (Å²) in [4.78, 5) is 24.7. The normalized spacial score (nSPS) is 14.3. The van der Waals surface area contributed by atoms with Crippen LogP contribution < -0.4 is 9.47 Å². The third-order valence-corrected chi connectivity index (χ3v) is 4.10. The first kappa shape index (κ1) is 18.2. The van der Waals surface area contributed by atoms with Crippen molar-refractivity contribution < 1.29 is 28.2 Å². The second kappa shape index (κ2) is 7.74. The van der Waals surface area contributed by atoms with Gasteiger partial charge in [-0.3, -0.25) is 4.79 Å². The minimum absolute atomic E-state index is 0.151. The molecule has 0 radical (unpaired) electrons. The molecule has 1 atom stereocenters. The van der Waals surface area contributed by atoms with E-state index in [0.29, 0.717) is 31.1 Å².